The zero-order chi connectivity index (χ0) is 15.3. The molecule has 21 heavy (non-hydrogen) atoms. The van der Waals surface area contributed by atoms with E-state index in [-0.39, 0.29) is 5.03 Å². The maximum Gasteiger partial charge on any atom is 0.260 e. The van der Waals surface area contributed by atoms with E-state index in [0.29, 0.717) is 19.0 Å². The lowest BCUT2D eigenvalue weighted by Gasteiger charge is -2.20. The van der Waals surface area contributed by atoms with Crippen LogP contribution in [0.15, 0.2) is 47.9 Å². The van der Waals surface area contributed by atoms with E-state index in [1.54, 1.807) is 37.5 Å². The van der Waals surface area contributed by atoms with Crippen molar-refractivity contribution < 1.29 is 8.42 Å². The van der Waals surface area contributed by atoms with Gasteiger partial charge in [-0.3, -0.25) is 4.98 Å². The molecule has 2 aromatic rings. The molecule has 0 aliphatic rings. The molecule has 0 bridgehead atoms. The van der Waals surface area contributed by atoms with E-state index in [9.17, 15) is 8.42 Å². The fourth-order valence-corrected chi connectivity index (χ4v) is 3.34. The molecule has 0 atom stereocenters. The fraction of sp³-hybridized carbons (Fsp3) is 0.286. The van der Waals surface area contributed by atoms with Crippen LogP contribution in [0.25, 0.3) is 0 Å². The molecule has 0 radical (unpaired) electrons. The molecule has 2 aromatic heterocycles. The first-order chi connectivity index (χ1) is 10.1. The summed E-state index contributed by atoms with van der Waals surface area (Å²) in [5, 5.41) is 0.0345. The first kappa shape index (κ1) is 15.9. The van der Waals surface area contributed by atoms with Crippen LogP contribution < -0.4 is 0 Å². The van der Waals surface area contributed by atoms with E-state index in [4.69, 9.17) is 11.6 Å². The Labute approximate surface area is 129 Å². The molecule has 112 valence electrons. The molecule has 0 aliphatic carbocycles. The number of sulfonamides is 1. The third kappa shape index (κ3) is 3.78. The van der Waals surface area contributed by atoms with E-state index >= 15 is 0 Å². The third-order valence-corrected chi connectivity index (χ3v) is 5.16. The van der Waals surface area contributed by atoms with Crippen molar-refractivity contribution in [2.24, 2.45) is 0 Å². The van der Waals surface area contributed by atoms with Gasteiger partial charge in [-0.05, 0) is 29.3 Å². The Morgan fingerprint density at radius 3 is 2.38 bits per heavy atom. The van der Waals surface area contributed by atoms with Crippen LogP contribution in [0, 0.1) is 0 Å². The summed E-state index contributed by atoms with van der Waals surface area (Å²) in [7, 11) is -3.62. The highest BCUT2D eigenvalue weighted by Crippen LogP contribution is 2.17. The quantitative estimate of drug-likeness (QED) is 0.765. The lowest BCUT2D eigenvalue weighted by Crippen LogP contribution is -2.31. The van der Waals surface area contributed by atoms with Crippen molar-refractivity contribution in [1.29, 1.82) is 0 Å². The Kier molecular flexibility index (Phi) is 5.27. The van der Waals surface area contributed by atoms with Crippen LogP contribution >= 0.6 is 11.6 Å². The molecule has 0 aromatic carbocycles. The van der Waals surface area contributed by atoms with Gasteiger partial charge in [0.1, 0.15) is 0 Å². The fourth-order valence-electron chi connectivity index (χ4n) is 1.83. The summed E-state index contributed by atoms with van der Waals surface area (Å²) in [6.07, 6.45) is 4.77. The van der Waals surface area contributed by atoms with Crippen molar-refractivity contribution >= 4 is 21.6 Å². The molecular formula is C14H16ClN3O2S. The van der Waals surface area contributed by atoms with Crippen LogP contribution in [-0.2, 0) is 22.4 Å². The van der Waals surface area contributed by atoms with Gasteiger partial charge in [0.2, 0.25) is 0 Å². The third-order valence-electron chi connectivity index (χ3n) is 3.02. The van der Waals surface area contributed by atoms with Gasteiger partial charge in [0.05, 0.1) is 0 Å². The van der Waals surface area contributed by atoms with Gasteiger partial charge in [0.25, 0.3) is 10.0 Å². The van der Waals surface area contributed by atoms with Crippen LogP contribution in [-0.4, -0.2) is 29.2 Å². The van der Waals surface area contributed by atoms with Gasteiger partial charge in [-0.15, -0.1) is 11.6 Å². The van der Waals surface area contributed by atoms with Crippen LogP contribution in [0.4, 0.5) is 0 Å². The number of nitrogens with zero attached hydrogens (tertiary/aromatic N) is 3. The summed E-state index contributed by atoms with van der Waals surface area (Å²) < 4.78 is 26.5. The Bertz CT molecular complexity index is 675. The minimum absolute atomic E-state index is 0.0345. The van der Waals surface area contributed by atoms with Gasteiger partial charge in [0, 0.05) is 37.6 Å². The van der Waals surface area contributed by atoms with Crippen molar-refractivity contribution in [2.45, 2.75) is 24.4 Å². The molecule has 0 N–H and O–H groups in total. The first-order valence-electron chi connectivity index (χ1n) is 6.48. The van der Waals surface area contributed by atoms with Crippen LogP contribution in [0.1, 0.15) is 18.1 Å². The number of rotatable bonds is 6. The van der Waals surface area contributed by atoms with Crippen molar-refractivity contribution in [2.75, 3.05) is 6.54 Å². The second-order valence-corrected chi connectivity index (χ2v) is 6.58. The molecule has 5 nitrogen and oxygen atoms in total. The second kappa shape index (κ2) is 6.98. The molecule has 2 rings (SSSR count). The highest BCUT2D eigenvalue weighted by atomic mass is 35.5. The van der Waals surface area contributed by atoms with E-state index in [1.807, 2.05) is 0 Å². The standard InChI is InChI=1S/C14H16ClN3O2S/c1-2-18(11-12-5-7-16-8-6-12)21(19,20)14-4-3-13(9-15)10-17-14/h3-8,10H,2,9,11H2,1H3. The molecule has 0 unspecified atom stereocenters. The molecule has 0 aliphatic heterocycles. The highest BCUT2D eigenvalue weighted by Gasteiger charge is 2.24. The Balaban J connectivity index is 2.26. The maximum atomic E-state index is 12.6. The second-order valence-electron chi connectivity index (χ2n) is 4.42. The summed E-state index contributed by atoms with van der Waals surface area (Å²) in [6.45, 7) is 2.45. The Morgan fingerprint density at radius 1 is 1.14 bits per heavy atom. The maximum absolute atomic E-state index is 12.6. The predicted octanol–water partition coefficient (Wildman–Crippen LogP) is 2.43. The van der Waals surface area contributed by atoms with Gasteiger partial charge in [-0.2, -0.15) is 4.31 Å². The zero-order valence-electron chi connectivity index (χ0n) is 11.6. The molecule has 0 saturated heterocycles. The summed E-state index contributed by atoms with van der Waals surface area (Å²) >= 11 is 5.68. The van der Waals surface area contributed by atoms with E-state index in [0.717, 1.165) is 11.1 Å². The molecule has 0 amide bonds. The number of hydrogen-bond acceptors (Lipinski definition) is 4. The van der Waals surface area contributed by atoms with Gasteiger partial charge in [-0.1, -0.05) is 13.0 Å². The van der Waals surface area contributed by atoms with E-state index in [2.05, 4.69) is 9.97 Å². The molecule has 0 spiro atoms. The van der Waals surface area contributed by atoms with Crippen molar-refractivity contribution in [3.8, 4) is 0 Å². The predicted molar refractivity (Wildman–Crippen MR) is 81.3 cm³/mol. The number of alkyl halides is 1. The van der Waals surface area contributed by atoms with Gasteiger partial charge < -0.3 is 0 Å². The lowest BCUT2D eigenvalue weighted by atomic mass is 10.3. The highest BCUT2D eigenvalue weighted by molar-refractivity contribution is 7.89. The summed E-state index contributed by atoms with van der Waals surface area (Å²) in [6, 6.07) is 6.75. The number of halogens is 1. The van der Waals surface area contributed by atoms with Crippen LogP contribution in [0.5, 0.6) is 0 Å². The summed E-state index contributed by atoms with van der Waals surface area (Å²) in [5.74, 6) is 0.307. The van der Waals surface area contributed by atoms with E-state index < -0.39 is 10.0 Å². The van der Waals surface area contributed by atoms with E-state index in [1.165, 1.54) is 16.6 Å². The average molecular weight is 326 g/mol. The largest absolute Gasteiger partial charge is 0.265 e. The van der Waals surface area contributed by atoms with Gasteiger partial charge >= 0.3 is 0 Å². The molecule has 0 fully saturated rings. The Hall–Kier alpha value is -1.50. The summed E-state index contributed by atoms with van der Waals surface area (Å²) in [4.78, 5) is 7.93. The molecule has 0 saturated carbocycles. The SMILES string of the molecule is CCN(Cc1ccncc1)S(=O)(=O)c1ccc(CCl)cn1. The van der Waals surface area contributed by atoms with Gasteiger partial charge in [0.15, 0.2) is 5.03 Å². The monoisotopic (exact) mass is 325 g/mol. The first-order valence-corrected chi connectivity index (χ1v) is 8.45. The topological polar surface area (TPSA) is 63.2 Å². The van der Waals surface area contributed by atoms with Crippen molar-refractivity contribution in [3.05, 3.63) is 54.0 Å². The minimum Gasteiger partial charge on any atom is -0.265 e. The molecule has 2 heterocycles. The summed E-state index contributed by atoms with van der Waals surface area (Å²) in [5.41, 5.74) is 1.67. The number of pyridine rings is 2. The molecule has 7 heteroatoms. The van der Waals surface area contributed by atoms with Gasteiger partial charge in [-0.25, -0.2) is 13.4 Å². The molecular weight excluding hydrogens is 310 g/mol. The lowest BCUT2D eigenvalue weighted by molar-refractivity contribution is 0.421. The Morgan fingerprint density at radius 2 is 1.86 bits per heavy atom. The number of aromatic nitrogens is 2. The average Bonchev–Trinajstić information content (AvgIpc) is 2.53. The van der Waals surface area contributed by atoms with Crippen molar-refractivity contribution in [3.63, 3.8) is 0 Å². The van der Waals surface area contributed by atoms with Crippen LogP contribution in [0.3, 0.4) is 0 Å². The van der Waals surface area contributed by atoms with Crippen LogP contribution in [0.2, 0.25) is 0 Å². The number of hydrogen-bond donors (Lipinski definition) is 0. The normalized spacial score (nSPS) is 11.8. The minimum atomic E-state index is -3.62. The smallest absolute Gasteiger partial charge is 0.260 e. The zero-order valence-corrected chi connectivity index (χ0v) is 13.2. The van der Waals surface area contributed by atoms with Crippen molar-refractivity contribution in [1.82, 2.24) is 14.3 Å².